The van der Waals surface area contributed by atoms with Crippen molar-refractivity contribution in [3.05, 3.63) is 58.1 Å². The van der Waals surface area contributed by atoms with Crippen molar-refractivity contribution < 1.29 is 28.3 Å². The number of ether oxygens (including phenoxy) is 1. The summed E-state index contributed by atoms with van der Waals surface area (Å²) < 4.78 is 29.2. The average molecular weight is 367 g/mol. The zero-order chi connectivity index (χ0) is 19.3. The second-order valence-corrected chi connectivity index (χ2v) is 5.23. The fraction of sp³-hybridized carbons (Fsp3) is 0.188. The van der Waals surface area contributed by atoms with E-state index in [9.17, 15) is 28.8 Å². The van der Waals surface area contributed by atoms with Gasteiger partial charge in [-0.2, -0.15) is 8.78 Å². The standard InChI is InChI=1S/C16H15F2N3O5/c1-20(9-10-4-2-3-5-13(10)22)16(23)19-12-8-11(21(24)25)6-7-14(12)26-15(17)18/h2-8,15,22H,9H2,1H3,(H,19,23). The van der Waals surface area contributed by atoms with Gasteiger partial charge < -0.3 is 20.1 Å². The van der Waals surface area contributed by atoms with E-state index in [0.29, 0.717) is 5.56 Å². The van der Waals surface area contributed by atoms with E-state index < -0.39 is 29.0 Å². The Balaban J connectivity index is 2.19. The number of amides is 2. The zero-order valence-corrected chi connectivity index (χ0v) is 13.6. The number of nitro groups is 1. The van der Waals surface area contributed by atoms with Crippen molar-refractivity contribution in [3.63, 3.8) is 0 Å². The number of nitrogens with one attached hydrogen (secondary N) is 1. The van der Waals surface area contributed by atoms with Gasteiger partial charge in [0.1, 0.15) is 11.5 Å². The van der Waals surface area contributed by atoms with E-state index in [0.717, 1.165) is 18.2 Å². The van der Waals surface area contributed by atoms with Crippen LogP contribution in [0.4, 0.5) is 25.0 Å². The Morgan fingerprint density at radius 1 is 1.35 bits per heavy atom. The van der Waals surface area contributed by atoms with Crippen LogP contribution < -0.4 is 10.1 Å². The number of benzene rings is 2. The molecule has 8 nitrogen and oxygen atoms in total. The first-order chi connectivity index (χ1) is 12.3. The Hall–Kier alpha value is -3.43. The molecule has 26 heavy (non-hydrogen) atoms. The maximum Gasteiger partial charge on any atom is 0.387 e. The van der Waals surface area contributed by atoms with Crippen molar-refractivity contribution in [2.24, 2.45) is 0 Å². The molecule has 0 aromatic heterocycles. The fourth-order valence-corrected chi connectivity index (χ4v) is 2.11. The van der Waals surface area contributed by atoms with E-state index in [1.54, 1.807) is 18.2 Å². The quantitative estimate of drug-likeness (QED) is 0.600. The third-order valence-corrected chi connectivity index (χ3v) is 3.38. The third kappa shape index (κ3) is 4.79. The lowest BCUT2D eigenvalue weighted by molar-refractivity contribution is -0.384. The van der Waals surface area contributed by atoms with Crippen LogP contribution in [0.1, 0.15) is 5.56 Å². The molecule has 2 amide bonds. The predicted octanol–water partition coefficient (Wildman–Crippen LogP) is 3.57. The van der Waals surface area contributed by atoms with Crippen LogP contribution in [0.3, 0.4) is 0 Å². The Morgan fingerprint density at radius 2 is 2.04 bits per heavy atom. The van der Waals surface area contributed by atoms with Crippen LogP contribution in [0.15, 0.2) is 42.5 Å². The summed E-state index contributed by atoms with van der Waals surface area (Å²) in [6.45, 7) is -3.13. The number of nitrogens with zero attached hydrogens (tertiary/aromatic N) is 2. The van der Waals surface area contributed by atoms with Crippen LogP contribution >= 0.6 is 0 Å². The van der Waals surface area contributed by atoms with Gasteiger partial charge in [0.05, 0.1) is 17.2 Å². The summed E-state index contributed by atoms with van der Waals surface area (Å²) in [6.07, 6.45) is 0. The first-order valence-corrected chi connectivity index (χ1v) is 7.30. The topological polar surface area (TPSA) is 105 Å². The van der Waals surface area contributed by atoms with Gasteiger partial charge in [-0.15, -0.1) is 0 Å². The largest absolute Gasteiger partial charge is 0.508 e. The molecule has 0 atom stereocenters. The van der Waals surface area contributed by atoms with Crippen LogP contribution in [0.5, 0.6) is 11.5 Å². The SMILES string of the molecule is CN(Cc1ccccc1O)C(=O)Nc1cc([N+](=O)[O-])ccc1OC(F)F. The molecular weight excluding hydrogens is 352 g/mol. The van der Waals surface area contributed by atoms with Gasteiger partial charge in [0.25, 0.3) is 5.69 Å². The third-order valence-electron chi connectivity index (χ3n) is 3.38. The number of hydrogen-bond donors (Lipinski definition) is 2. The van der Waals surface area contributed by atoms with Gasteiger partial charge >= 0.3 is 12.6 Å². The maximum absolute atomic E-state index is 12.5. The van der Waals surface area contributed by atoms with Gasteiger partial charge in [0, 0.05) is 24.7 Å². The van der Waals surface area contributed by atoms with Crippen molar-refractivity contribution in [3.8, 4) is 11.5 Å². The van der Waals surface area contributed by atoms with Crippen molar-refractivity contribution in [2.75, 3.05) is 12.4 Å². The molecule has 0 aliphatic carbocycles. The molecule has 10 heteroatoms. The van der Waals surface area contributed by atoms with Crippen molar-refractivity contribution in [1.82, 2.24) is 4.90 Å². The number of nitro benzene ring substituents is 1. The number of non-ortho nitro benzene ring substituents is 1. The maximum atomic E-state index is 12.5. The van der Waals surface area contributed by atoms with E-state index in [-0.39, 0.29) is 18.0 Å². The summed E-state index contributed by atoms with van der Waals surface area (Å²) >= 11 is 0. The summed E-state index contributed by atoms with van der Waals surface area (Å²) in [5.74, 6) is -0.417. The number of halogens is 2. The van der Waals surface area contributed by atoms with Crippen molar-refractivity contribution >= 4 is 17.4 Å². The highest BCUT2D eigenvalue weighted by Gasteiger charge is 2.19. The van der Waals surface area contributed by atoms with Gasteiger partial charge in [0.2, 0.25) is 0 Å². The van der Waals surface area contributed by atoms with E-state index in [4.69, 9.17) is 0 Å². The molecule has 0 aliphatic heterocycles. The zero-order valence-electron chi connectivity index (χ0n) is 13.6. The summed E-state index contributed by atoms with van der Waals surface area (Å²) in [5.41, 5.74) is -0.202. The number of carbonyl (C=O) groups excluding carboxylic acids is 1. The lowest BCUT2D eigenvalue weighted by Crippen LogP contribution is -2.31. The highest BCUT2D eigenvalue weighted by Crippen LogP contribution is 2.30. The molecule has 0 radical (unpaired) electrons. The first-order valence-electron chi connectivity index (χ1n) is 7.30. The lowest BCUT2D eigenvalue weighted by atomic mass is 10.2. The van der Waals surface area contributed by atoms with Crippen LogP contribution in [-0.4, -0.2) is 34.6 Å². The molecular formula is C16H15F2N3O5. The molecule has 138 valence electrons. The molecule has 0 spiro atoms. The molecule has 0 unspecified atom stereocenters. The molecule has 2 N–H and O–H groups in total. The second kappa shape index (κ2) is 8.10. The Kier molecular flexibility index (Phi) is 5.89. The second-order valence-electron chi connectivity index (χ2n) is 5.23. The van der Waals surface area contributed by atoms with Crippen molar-refractivity contribution in [1.29, 1.82) is 0 Å². The molecule has 2 aromatic carbocycles. The number of urea groups is 1. The average Bonchev–Trinajstić information content (AvgIpc) is 2.57. The van der Waals surface area contributed by atoms with Gasteiger partial charge in [-0.05, 0) is 12.1 Å². The summed E-state index contributed by atoms with van der Waals surface area (Å²) in [5, 5.41) is 22.9. The number of phenols is 1. The Morgan fingerprint density at radius 3 is 2.65 bits per heavy atom. The van der Waals surface area contributed by atoms with Gasteiger partial charge in [-0.3, -0.25) is 10.1 Å². The Labute approximate surface area is 146 Å². The first kappa shape index (κ1) is 18.9. The number of aromatic hydroxyl groups is 1. The van der Waals surface area contributed by atoms with Gasteiger partial charge in [0.15, 0.2) is 0 Å². The lowest BCUT2D eigenvalue weighted by Gasteiger charge is -2.19. The van der Waals surface area contributed by atoms with E-state index >= 15 is 0 Å². The molecule has 2 aromatic rings. The molecule has 0 bridgehead atoms. The number of phenolic OH excluding ortho intramolecular Hbond substituents is 1. The van der Waals surface area contributed by atoms with Crippen LogP contribution in [-0.2, 0) is 6.54 Å². The van der Waals surface area contributed by atoms with Crippen LogP contribution in [0.25, 0.3) is 0 Å². The molecule has 2 rings (SSSR count). The van der Waals surface area contributed by atoms with E-state index in [1.807, 2.05) is 0 Å². The molecule has 0 heterocycles. The van der Waals surface area contributed by atoms with Crippen LogP contribution in [0, 0.1) is 10.1 Å². The number of anilines is 1. The van der Waals surface area contributed by atoms with Gasteiger partial charge in [-0.25, -0.2) is 4.79 Å². The number of alkyl halides is 2. The molecule has 0 fully saturated rings. The number of rotatable bonds is 6. The predicted molar refractivity (Wildman–Crippen MR) is 88.3 cm³/mol. The number of carbonyl (C=O) groups is 1. The smallest absolute Gasteiger partial charge is 0.387 e. The highest BCUT2D eigenvalue weighted by atomic mass is 19.3. The van der Waals surface area contributed by atoms with Crippen LogP contribution in [0.2, 0.25) is 0 Å². The number of hydrogen-bond acceptors (Lipinski definition) is 5. The van der Waals surface area contributed by atoms with E-state index in [2.05, 4.69) is 10.1 Å². The molecule has 0 aliphatic rings. The summed E-state index contributed by atoms with van der Waals surface area (Å²) in [7, 11) is 1.41. The highest BCUT2D eigenvalue weighted by molar-refractivity contribution is 5.91. The Bertz CT molecular complexity index is 816. The minimum atomic E-state index is -3.16. The monoisotopic (exact) mass is 367 g/mol. The van der Waals surface area contributed by atoms with Gasteiger partial charge in [-0.1, -0.05) is 18.2 Å². The molecule has 0 saturated carbocycles. The summed E-state index contributed by atoms with van der Waals surface area (Å²) in [4.78, 5) is 23.6. The van der Waals surface area contributed by atoms with Crippen molar-refractivity contribution in [2.45, 2.75) is 13.2 Å². The minimum absolute atomic E-state index is 0.00998. The van der Waals surface area contributed by atoms with E-state index in [1.165, 1.54) is 18.0 Å². The fourth-order valence-electron chi connectivity index (χ4n) is 2.11. The minimum Gasteiger partial charge on any atom is -0.508 e. The summed E-state index contributed by atoms with van der Waals surface area (Å²) in [6, 6.07) is 8.51. The normalized spacial score (nSPS) is 10.5. The number of para-hydroxylation sites is 1. The molecule has 0 saturated heterocycles.